The molecule has 1 fully saturated rings. The van der Waals surface area contributed by atoms with E-state index in [4.69, 9.17) is 28.4 Å². The third-order valence-electron chi connectivity index (χ3n) is 20.8. The van der Waals surface area contributed by atoms with Crippen molar-refractivity contribution < 1.29 is 122 Å². The topological polar surface area (TPSA) is 467 Å². The third kappa shape index (κ3) is 28.7. The number of thiazole rings is 5. The molecule has 150 heavy (non-hydrogen) atoms. The molecule has 35 nitrogen and oxygen atoms in total. The van der Waals surface area contributed by atoms with Crippen molar-refractivity contribution in [3.8, 4) is 0 Å². The van der Waals surface area contributed by atoms with Gasteiger partial charge in [0.25, 0.3) is 35.4 Å². The van der Waals surface area contributed by atoms with Crippen molar-refractivity contribution in [1.29, 1.82) is 0 Å². The molecule has 18 aromatic rings. The number of anilines is 5. The number of para-hydroxylation sites is 4. The monoisotopic (exact) mass is 2230 g/mol. The van der Waals surface area contributed by atoms with Crippen LogP contribution in [0.1, 0.15) is 145 Å². The minimum absolute atomic E-state index is 0.0311. The fourth-order valence-electron chi connectivity index (χ4n) is 13.8. The molecular weight excluding hydrogens is 2150 g/mol. The van der Waals surface area contributed by atoms with Crippen molar-refractivity contribution in [2.75, 3.05) is 79.3 Å². The number of imidazole rings is 1. The van der Waals surface area contributed by atoms with Gasteiger partial charge in [-0.25, -0.2) is 39.3 Å². The molecule has 12 aromatic heterocycles. The Bertz CT molecular complexity index is 7690. The van der Waals surface area contributed by atoms with Crippen molar-refractivity contribution in [1.82, 2.24) is 49.8 Å². The molecular formula is C99H77F6N15O20S10. The van der Waals surface area contributed by atoms with Crippen molar-refractivity contribution >= 4 is 272 Å². The van der Waals surface area contributed by atoms with Crippen LogP contribution in [0.4, 0.5) is 60.9 Å². The van der Waals surface area contributed by atoms with E-state index in [1.807, 2.05) is 89.3 Å². The van der Waals surface area contributed by atoms with Crippen LogP contribution in [0.25, 0.3) is 56.0 Å². The summed E-state index contributed by atoms with van der Waals surface area (Å²) >= 11 is 12.3. The number of ketones is 2. The molecule has 0 radical (unpaired) electrons. The van der Waals surface area contributed by atoms with Crippen LogP contribution in [0.15, 0.2) is 240 Å². The number of esters is 3. The van der Waals surface area contributed by atoms with Gasteiger partial charge in [-0.05, 0) is 131 Å². The van der Waals surface area contributed by atoms with Crippen LogP contribution in [0.3, 0.4) is 0 Å². The van der Waals surface area contributed by atoms with Crippen molar-refractivity contribution in [2.24, 2.45) is 0 Å². The molecule has 0 aliphatic carbocycles. The van der Waals surface area contributed by atoms with E-state index in [1.165, 1.54) is 146 Å². The van der Waals surface area contributed by atoms with Gasteiger partial charge in [0.1, 0.15) is 75.5 Å². The highest BCUT2D eigenvalue weighted by molar-refractivity contribution is 7.24. The zero-order chi connectivity index (χ0) is 106. The summed E-state index contributed by atoms with van der Waals surface area (Å²) in [5.41, 5.74) is 2.83. The Labute approximate surface area is 883 Å². The zero-order valence-electron chi connectivity index (χ0n) is 77.4. The average Bonchev–Trinajstić information content (AvgIpc) is 1.61. The molecule has 1 saturated heterocycles. The van der Waals surface area contributed by atoms with E-state index < -0.39 is 121 Å². The highest BCUT2D eigenvalue weighted by atomic mass is 32.1. The van der Waals surface area contributed by atoms with E-state index in [0.717, 1.165) is 99.3 Å². The first-order valence-electron chi connectivity index (χ1n) is 44.2. The van der Waals surface area contributed by atoms with Gasteiger partial charge in [0.05, 0.1) is 105 Å². The molecule has 1 aliphatic heterocycles. The second-order valence-electron chi connectivity index (χ2n) is 30.8. The number of alkyl halides is 6. The number of alkyl carbamates (subject to hydrolysis) is 2. The van der Waals surface area contributed by atoms with E-state index in [0.29, 0.717) is 78.5 Å². The van der Waals surface area contributed by atoms with Crippen LogP contribution in [0.5, 0.6) is 0 Å². The normalized spacial score (nSPS) is 12.0. The number of aromatic nitrogens is 7. The van der Waals surface area contributed by atoms with Gasteiger partial charge in [-0.15, -0.1) is 102 Å². The van der Waals surface area contributed by atoms with E-state index >= 15 is 0 Å². The maximum atomic E-state index is 13.1. The number of hydrogen-bond acceptors (Lipinski definition) is 37. The number of nitrogens with zero attached hydrogens (tertiary/aromatic N) is 8. The molecule has 770 valence electrons. The predicted octanol–water partition coefficient (Wildman–Crippen LogP) is 21.6. The first kappa shape index (κ1) is 109. The molecule has 6 aromatic carbocycles. The fourth-order valence-corrected chi connectivity index (χ4v) is 22.1. The summed E-state index contributed by atoms with van der Waals surface area (Å²) < 4.78 is 115. The van der Waals surface area contributed by atoms with Crippen LogP contribution in [-0.2, 0) is 63.6 Å². The minimum atomic E-state index is -4.59. The molecule has 1 aliphatic rings. The Kier molecular flexibility index (Phi) is 36.9. The van der Waals surface area contributed by atoms with Crippen LogP contribution in [0.2, 0.25) is 0 Å². The molecule has 1 atom stereocenters. The molecule has 19 rings (SSSR count). The number of hydrogen-bond donors (Lipinski definition) is 8. The summed E-state index contributed by atoms with van der Waals surface area (Å²) in [7, 11) is 0. The quantitative estimate of drug-likeness (QED) is 0.00394. The highest BCUT2D eigenvalue weighted by Crippen LogP contribution is 2.39. The Morgan fingerprint density at radius 2 is 0.880 bits per heavy atom. The summed E-state index contributed by atoms with van der Waals surface area (Å²) in [5.74, 6) is -6.47. The first-order valence-corrected chi connectivity index (χ1v) is 52.7. The van der Waals surface area contributed by atoms with Crippen molar-refractivity contribution in [2.45, 2.75) is 51.6 Å². The number of pyridine rings is 1. The average molecular weight is 2230 g/mol. The summed E-state index contributed by atoms with van der Waals surface area (Å²) in [6, 6.07) is 49.0. The lowest BCUT2D eigenvalue weighted by atomic mass is 10.1. The number of carbonyl (C=O) groups excluding carboxylic acids is 13. The minimum Gasteiger partial charge on any atom is -0.461 e. The van der Waals surface area contributed by atoms with Gasteiger partial charge >= 0.3 is 42.4 Å². The summed E-state index contributed by atoms with van der Waals surface area (Å²) in [4.78, 5) is 188. The number of morpholine rings is 1. The molecule has 0 spiro atoms. The van der Waals surface area contributed by atoms with Gasteiger partial charge < -0.3 is 60.1 Å². The molecule has 13 heterocycles. The van der Waals surface area contributed by atoms with Crippen LogP contribution in [0, 0.1) is 0 Å². The lowest BCUT2D eigenvalue weighted by molar-refractivity contribution is -0.147. The van der Waals surface area contributed by atoms with E-state index in [1.54, 1.807) is 76.5 Å². The molecule has 8 N–H and O–H groups in total. The standard InChI is InChI=1S/C23H15F3N2O4S2.C22H14F3N3O4S2.C19H19N3O4S2.C18H14N4O4S2.C17H15N3O4S2/c24-23(25,26)15-6-2-1-5-13(15)12-32-19(30)11-17(29)14-9-10-33-21(14)28-20(31)22-27-16-7-3-4-8-18(16)34-22;23-22(24,25)14-4-2-1-3-12(14)11-32-18(30)9-16(29)13-6-8-33-20(13)28-19(31)21-27-15-10-26-7-5-17(15)34-21;23-16(18-20-14-3-1-2-4-15(14)28-18)21-17-13(5-12-27-17)19(24)26-11-8-22-6-9-25-10-7-22;1-2-26-18(25)21-14(23)10-7-8-27-16(10)20-15(24)11-9-22-12-5-3-4-6-13(12)28-17(22)19-11;1-2-8-24-17(23)20-13(21)10-7-9-25-15(10)19-14(22)16-18-11-5-3-4-6-12(11)26-16/h1-10H,11-12H2,(H,28,31);1-8,10H,9,11H2,(H,28,31);1-5,12H,6-11H2,(H,21,23);3-9H,2H2,1H3,(H,20,24)(H,21,23,25);2-7,9,13,21H,1,8H2,(H,19,22)(H,20,23). The molecule has 1 unspecified atom stereocenters. The van der Waals surface area contributed by atoms with Crippen LogP contribution < -0.4 is 37.2 Å². The number of ether oxygens (including phenoxy) is 6. The van der Waals surface area contributed by atoms with Gasteiger partial charge in [-0.2, -0.15) is 26.3 Å². The maximum absolute atomic E-state index is 13.1. The number of carbonyl (C=O) groups is 13. The Hall–Kier alpha value is -15.5. The third-order valence-corrected chi connectivity index (χ3v) is 30.1. The fraction of sp³-hybridized carbons (Fsp3) is 0.162. The van der Waals surface area contributed by atoms with Gasteiger partial charge in [0, 0.05) is 48.7 Å². The largest absolute Gasteiger partial charge is 0.461 e. The van der Waals surface area contributed by atoms with Crippen LogP contribution >= 0.6 is 113 Å². The van der Waals surface area contributed by atoms with Gasteiger partial charge in [-0.1, -0.05) is 109 Å². The lowest BCUT2D eigenvalue weighted by Gasteiger charge is -2.26. The van der Waals surface area contributed by atoms with E-state index in [9.17, 15) is 93.8 Å². The zero-order valence-corrected chi connectivity index (χ0v) is 85.6. The first-order chi connectivity index (χ1) is 72.3. The lowest BCUT2D eigenvalue weighted by Crippen LogP contribution is -2.38. The number of fused-ring (bicyclic) bond motifs is 7. The number of halogens is 6. The Morgan fingerprint density at radius 3 is 1.37 bits per heavy atom. The number of imide groups is 1. The van der Waals surface area contributed by atoms with Gasteiger partial charge in [0.2, 0.25) is 0 Å². The number of thiophene rings is 5. The molecule has 0 saturated carbocycles. The summed E-state index contributed by atoms with van der Waals surface area (Å²) in [6.45, 7) is 8.10. The summed E-state index contributed by atoms with van der Waals surface area (Å²) in [6.07, 6.45) is -7.31. The maximum Gasteiger partial charge on any atom is 0.416 e. The number of aliphatic hydroxyl groups excluding tert-OH is 1. The van der Waals surface area contributed by atoms with Gasteiger partial charge in [-0.3, -0.25) is 72.9 Å². The highest BCUT2D eigenvalue weighted by Gasteiger charge is 2.36. The van der Waals surface area contributed by atoms with Gasteiger partial charge in [0.15, 0.2) is 42.8 Å². The van der Waals surface area contributed by atoms with Crippen LogP contribution in [-0.4, -0.2) is 174 Å². The van der Waals surface area contributed by atoms with E-state index in [2.05, 4.69) is 78.6 Å². The van der Waals surface area contributed by atoms with E-state index in [-0.39, 0.29) is 78.6 Å². The predicted molar refractivity (Wildman–Crippen MR) is 560 cm³/mol. The Morgan fingerprint density at radius 1 is 0.453 bits per heavy atom. The molecule has 8 amide bonds. The Balaban J connectivity index is 0.000000141. The van der Waals surface area contributed by atoms with Crippen molar-refractivity contribution in [3.05, 3.63) is 316 Å². The smallest absolute Gasteiger partial charge is 0.416 e. The number of rotatable bonds is 30. The number of aliphatic hydroxyl groups is 1. The number of nitrogens with one attached hydrogen (secondary N) is 7. The molecule has 51 heteroatoms. The number of benzene rings is 6. The second kappa shape index (κ2) is 50.9. The SMILES string of the molecule is C=CCOC(=O)NC(O)c1ccsc1NC(=O)c1nc2ccccc2s1.CCOC(=O)NC(=O)c1ccsc1NC(=O)c1cn2c(n1)sc1ccccc12.O=C(CC(=O)c1ccsc1NC(=O)c1nc2ccccc2s1)OCc1ccccc1C(F)(F)F.O=C(CC(=O)c1ccsc1NC(=O)c1nc2cnccc2s1)OCc1ccccc1C(F)(F)F.O=C(Nc1sccc1C(=O)OCCN1CCOCC1)c1nc2ccccc2s1. The van der Waals surface area contributed by atoms with Crippen molar-refractivity contribution in [3.63, 3.8) is 0 Å². The second-order valence-corrected chi connectivity index (χ2v) is 40.5. The molecule has 0 bridgehead atoms. The summed E-state index contributed by atoms with van der Waals surface area (Å²) in [5, 5.41) is 39.0. The number of Topliss-reactive ketones (excluding diaryl/α,β-unsaturated/α-hetero) is 2. The number of amides is 8.